The van der Waals surface area contributed by atoms with Gasteiger partial charge >= 0.3 is 0 Å². The van der Waals surface area contributed by atoms with Gasteiger partial charge in [0.1, 0.15) is 5.69 Å². The Kier molecular flexibility index (Phi) is 4.37. The van der Waals surface area contributed by atoms with Crippen LogP contribution in [-0.2, 0) is 6.54 Å². The van der Waals surface area contributed by atoms with Gasteiger partial charge in [-0.05, 0) is 37.5 Å². The number of rotatable bonds is 5. The van der Waals surface area contributed by atoms with Crippen molar-refractivity contribution in [1.82, 2.24) is 15.6 Å². The van der Waals surface area contributed by atoms with Crippen molar-refractivity contribution in [3.8, 4) is 0 Å². The van der Waals surface area contributed by atoms with E-state index in [1.54, 1.807) is 6.07 Å². The third-order valence-corrected chi connectivity index (χ3v) is 3.70. The predicted octanol–water partition coefficient (Wildman–Crippen LogP) is 2.21. The molecule has 0 aliphatic heterocycles. The second-order valence-corrected chi connectivity index (χ2v) is 5.85. The number of carbonyl (C=O) groups excluding carboxylic acids is 2. The third kappa shape index (κ3) is 4.16. The average Bonchev–Trinajstić information content (AvgIpc) is 3.37. The average molecular weight is 309 g/mol. The number of nitrogens with zero attached hydrogens (tertiary/aromatic N) is 1. The molecule has 3 rings (SSSR count). The fraction of sp³-hybridized carbons (Fsp3) is 0.278. The monoisotopic (exact) mass is 309 g/mol. The van der Waals surface area contributed by atoms with Crippen LogP contribution in [0.4, 0.5) is 0 Å². The van der Waals surface area contributed by atoms with Crippen molar-refractivity contribution in [1.29, 1.82) is 0 Å². The highest BCUT2D eigenvalue weighted by molar-refractivity contribution is 5.98. The van der Waals surface area contributed by atoms with E-state index in [1.807, 2.05) is 31.2 Å². The van der Waals surface area contributed by atoms with Gasteiger partial charge in [-0.25, -0.2) is 0 Å². The molecule has 0 atom stereocenters. The first kappa shape index (κ1) is 15.2. The highest BCUT2D eigenvalue weighted by Gasteiger charge is 2.24. The number of aryl methyl sites for hydroxylation is 1. The Hall–Kier alpha value is -2.69. The summed E-state index contributed by atoms with van der Waals surface area (Å²) >= 11 is 0. The molecule has 23 heavy (non-hydrogen) atoms. The molecule has 1 aromatic carbocycles. The van der Waals surface area contributed by atoms with Crippen LogP contribution in [0.15, 0.2) is 42.6 Å². The van der Waals surface area contributed by atoms with Crippen LogP contribution in [0.2, 0.25) is 0 Å². The molecule has 1 fully saturated rings. The Morgan fingerprint density at radius 3 is 2.74 bits per heavy atom. The van der Waals surface area contributed by atoms with E-state index in [2.05, 4.69) is 15.6 Å². The molecule has 0 radical (unpaired) electrons. The van der Waals surface area contributed by atoms with Gasteiger partial charge in [-0.3, -0.25) is 14.6 Å². The normalized spacial score (nSPS) is 13.4. The largest absolute Gasteiger partial charge is 0.349 e. The molecule has 5 heteroatoms. The second-order valence-electron chi connectivity index (χ2n) is 5.85. The summed E-state index contributed by atoms with van der Waals surface area (Å²) in [7, 11) is 0. The van der Waals surface area contributed by atoms with Crippen molar-refractivity contribution < 1.29 is 9.59 Å². The standard InChI is InChI=1S/C18H19N3O2/c1-12-3-2-4-13(9-12)11-20-18(23)16-10-14(7-8-19-16)17(22)21-15-5-6-15/h2-4,7-10,15H,5-6,11H2,1H3,(H,20,23)(H,21,22). The maximum atomic E-state index is 12.2. The summed E-state index contributed by atoms with van der Waals surface area (Å²) in [5.74, 6) is -0.435. The maximum absolute atomic E-state index is 12.2. The summed E-state index contributed by atoms with van der Waals surface area (Å²) in [4.78, 5) is 28.3. The number of benzene rings is 1. The lowest BCUT2D eigenvalue weighted by Crippen LogP contribution is -2.27. The summed E-state index contributed by atoms with van der Waals surface area (Å²) in [5, 5.41) is 5.73. The molecule has 1 aliphatic carbocycles. The highest BCUT2D eigenvalue weighted by Crippen LogP contribution is 2.19. The Morgan fingerprint density at radius 1 is 1.17 bits per heavy atom. The van der Waals surface area contributed by atoms with E-state index < -0.39 is 0 Å². The highest BCUT2D eigenvalue weighted by atomic mass is 16.2. The first-order valence-electron chi connectivity index (χ1n) is 7.72. The summed E-state index contributed by atoms with van der Waals surface area (Å²) in [6.07, 6.45) is 3.55. The van der Waals surface area contributed by atoms with Gasteiger partial charge in [0.05, 0.1) is 0 Å². The van der Waals surface area contributed by atoms with Crippen molar-refractivity contribution in [2.75, 3.05) is 0 Å². The SMILES string of the molecule is Cc1cccc(CNC(=O)c2cc(C(=O)NC3CC3)ccn2)c1. The molecular weight excluding hydrogens is 290 g/mol. The van der Waals surface area contributed by atoms with Gasteiger partial charge in [0.15, 0.2) is 0 Å². The molecule has 5 nitrogen and oxygen atoms in total. The molecule has 2 N–H and O–H groups in total. The quantitative estimate of drug-likeness (QED) is 0.889. The Labute approximate surface area is 135 Å². The number of pyridine rings is 1. The van der Waals surface area contributed by atoms with Crippen molar-refractivity contribution in [3.05, 3.63) is 65.0 Å². The Bertz CT molecular complexity index is 739. The predicted molar refractivity (Wildman–Crippen MR) is 87.1 cm³/mol. The molecule has 1 heterocycles. The fourth-order valence-electron chi connectivity index (χ4n) is 2.29. The van der Waals surface area contributed by atoms with Crippen LogP contribution in [0.1, 0.15) is 44.8 Å². The van der Waals surface area contributed by atoms with Crippen LogP contribution < -0.4 is 10.6 Å². The lowest BCUT2D eigenvalue weighted by Gasteiger charge is -2.07. The molecule has 1 saturated carbocycles. The Morgan fingerprint density at radius 2 is 2.00 bits per heavy atom. The maximum Gasteiger partial charge on any atom is 0.270 e. The van der Waals surface area contributed by atoms with Crippen molar-refractivity contribution in [3.63, 3.8) is 0 Å². The van der Waals surface area contributed by atoms with Gasteiger partial charge < -0.3 is 10.6 Å². The zero-order chi connectivity index (χ0) is 16.2. The molecular formula is C18H19N3O2. The molecule has 0 saturated heterocycles. The number of hydrogen-bond acceptors (Lipinski definition) is 3. The zero-order valence-electron chi connectivity index (χ0n) is 13.0. The number of nitrogens with one attached hydrogen (secondary N) is 2. The Balaban J connectivity index is 1.63. The lowest BCUT2D eigenvalue weighted by molar-refractivity contribution is 0.0946. The van der Waals surface area contributed by atoms with E-state index in [-0.39, 0.29) is 23.6 Å². The summed E-state index contributed by atoms with van der Waals surface area (Å²) in [5.41, 5.74) is 2.89. The zero-order valence-corrected chi connectivity index (χ0v) is 13.0. The van der Waals surface area contributed by atoms with Crippen LogP contribution >= 0.6 is 0 Å². The molecule has 2 amide bonds. The lowest BCUT2D eigenvalue weighted by atomic mass is 10.1. The molecule has 1 aliphatic rings. The minimum absolute atomic E-state index is 0.150. The van der Waals surface area contributed by atoms with E-state index in [0.29, 0.717) is 12.1 Å². The molecule has 0 spiro atoms. The molecule has 0 bridgehead atoms. The van der Waals surface area contributed by atoms with Crippen molar-refractivity contribution in [2.24, 2.45) is 0 Å². The van der Waals surface area contributed by atoms with E-state index in [4.69, 9.17) is 0 Å². The number of hydrogen-bond donors (Lipinski definition) is 2. The smallest absolute Gasteiger partial charge is 0.270 e. The van der Waals surface area contributed by atoms with E-state index >= 15 is 0 Å². The first-order chi connectivity index (χ1) is 11.1. The summed E-state index contributed by atoms with van der Waals surface area (Å²) in [6.45, 7) is 2.44. The van der Waals surface area contributed by atoms with E-state index in [9.17, 15) is 9.59 Å². The third-order valence-electron chi connectivity index (χ3n) is 3.70. The van der Waals surface area contributed by atoms with Gasteiger partial charge in [-0.2, -0.15) is 0 Å². The van der Waals surface area contributed by atoms with Gasteiger partial charge in [0.2, 0.25) is 0 Å². The van der Waals surface area contributed by atoms with Gasteiger partial charge in [0, 0.05) is 24.3 Å². The topological polar surface area (TPSA) is 71.1 Å². The second kappa shape index (κ2) is 6.60. The number of carbonyl (C=O) groups is 2. The van der Waals surface area contributed by atoms with Crippen molar-refractivity contribution in [2.45, 2.75) is 32.4 Å². The van der Waals surface area contributed by atoms with Crippen molar-refractivity contribution >= 4 is 11.8 Å². The number of amides is 2. The van der Waals surface area contributed by atoms with Gasteiger partial charge in [-0.1, -0.05) is 29.8 Å². The van der Waals surface area contributed by atoms with E-state index in [0.717, 1.165) is 24.0 Å². The number of aromatic nitrogens is 1. The first-order valence-corrected chi connectivity index (χ1v) is 7.72. The van der Waals surface area contributed by atoms with Crippen LogP contribution in [0.25, 0.3) is 0 Å². The molecule has 1 aromatic heterocycles. The minimum atomic E-state index is -0.285. The van der Waals surface area contributed by atoms with Gasteiger partial charge in [-0.15, -0.1) is 0 Å². The van der Waals surface area contributed by atoms with Crippen LogP contribution in [-0.4, -0.2) is 22.8 Å². The molecule has 0 unspecified atom stereocenters. The van der Waals surface area contributed by atoms with Crippen LogP contribution in [0, 0.1) is 6.92 Å². The molecule has 118 valence electrons. The summed E-state index contributed by atoms with van der Waals surface area (Å²) in [6, 6.07) is 11.4. The van der Waals surface area contributed by atoms with Crippen LogP contribution in [0.3, 0.4) is 0 Å². The fourth-order valence-corrected chi connectivity index (χ4v) is 2.29. The summed E-state index contributed by atoms with van der Waals surface area (Å²) < 4.78 is 0. The minimum Gasteiger partial charge on any atom is -0.349 e. The van der Waals surface area contributed by atoms with Gasteiger partial charge in [0.25, 0.3) is 11.8 Å². The molecule has 2 aromatic rings. The van der Waals surface area contributed by atoms with Crippen LogP contribution in [0.5, 0.6) is 0 Å². The van der Waals surface area contributed by atoms with E-state index in [1.165, 1.54) is 12.3 Å².